The summed E-state index contributed by atoms with van der Waals surface area (Å²) in [5.41, 5.74) is 3.65. The van der Waals surface area contributed by atoms with Gasteiger partial charge in [-0.3, -0.25) is 4.79 Å². The number of amides is 1. The topological polar surface area (TPSA) is 56.2 Å². The fraction of sp³-hybridized carbons (Fsp3) is 0.231. The predicted molar refractivity (Wildman–Crippen MR) is 128 cm³/mol. The number of carbonyl (C=O) groups excluding carboxylic acids is 1. The van der Waals surface area contributed by atoms with Gasteiger partial charge in [-0.1, -0.05) is 53.6 Å². The number of rotatable bonds is 8. The van der Waals surface area contributed by atoms with Gasteiger partial charge in [0.1, 0.15) is 11.6 Å². The minimum absolute atomic E-state index is 0.109. The van der Waals surface area contributed by atoms with Crippen molar-refractivity contribution in [2.75, 3.05) is 6.61 Å². The van der Waals surface area contributed by atoms with Crippen LogP contribution in [0.15, 0.2) is 72.8 Å². The minimum Gasteiger partial charge on any atom is -0.492 e. The first-order valence-corrected chi connectivity index (χ1v) is 11.1. The summed E-state index contributed by atoms with van der Waals surface area (Å²) in [6, 6.07) is 22.8. The molecule has 0 spiro atoms. The first-order chi connectivity index (χ1) is 15.5. The number of nitrogens with one attached hydrogen (secondary N) is 1. The molecule has 3 aromatic carbocycles. The first-order valence-electron chi connectivity index (χ1n) is 10.7. The number of para-hydroxylation sites is 3. The van der Waals surface area contributed by atoms with Gasteiger partial charge in [-0.05, 0) is 56.7 Å². The van der Waals surface area contributed by atoms with E-state index in [1.165, 1.54) is 0 Å². The highest BCUT2D eigenvalue weighted by molar-refractivity contribution is 6.32. The number of hydrogen-bond acceptors (Lipinski definition) is 3. The van der Waals surface area contributed by atoms with E-state index in [9.17, 15) is 4.79 Å². The van der Waals surface area contributed by atoms with Crippen LogP contribution in [-0.4, -0.2) is 22.1 Å². The Morgan fingerprint density at radius 1 is 1.09 bits per heavy atom. The van der Waals surface area contributed by atoms with Gasteiger partial charge in [-0.15, -0.1) is 0 Å². The third-order valence-electron chi connectivity index (χ3n) is 5.32. The van der Waals surface area contributed by atoms with E-state index in [-0.39, 0.29) is 11.9 Å². The van der Waals surface area contributed by atoms with Crippen LogP contribution >= 0.6 is 11.6 Å². The lowest BCUT2D eigenvalue weighted by Gasteiger charge is -2.17. The van der Waals surface area contributed by atoms with Gasteiger partial charge in [-0.25, -0.2) is 4.98 Å². The second-order valence-electron chi connectivity index (χ2n) is 7.81. The molecule has 6 heteroatoms. The molecule has 1 N–H and O–H groups in total. The number of fused-ring (bicyclic) bond motifs is 1. The van der Waals surface area contributed by atoms with Crippen LogP contribution in [0, 0.1) is 6.92 Å². The molecule has 1 unspecified atom stereocenters. The highest BCUT2D eigenvalue weighted by Gasteiger charge is 2.19. The molecule has 0 saturated heterocycles. The standard InChI is InChI=1S/C26H26ClN3O2/c1-18-9-7-10-20(17-18)26(31)28-19(2)25-29-22-12-4-5-13-23(22)30(25)15-8-16-32-24-14-6-3-11-21(24)27/h3-7,9-14,17,19H,8,15-16H2,1-2H3,(H,28,31). The molecule has 5 nitrogen and oxygen atoms in total. The Morgan fingerprint density at radius 3 is 2.69 bits per heavy atom. The fourth-order valence-corrected chi connectivity index (χ4v) is 3.95. The minimum atomic E-state index is -0.250. The Kier molecular flexibility index (Phi) is 6.76. The maximum atomic E-state index is 12.8. The SMILES string of the molecule is Cc1cccc(C(=O)NC(C)c2nc3ccccc3n2CCCOc2ccccc2Cl)c1. The van der Waals surface area contributed by atoms with E-state index in [1.54, 1.807) is 0 Å². The van der Waals surface area contributed by atoms with Crippen LogP contribution < -0.4 is 10.1 Å². The van der Waals surface area contributed by atoms with Gasteiger partial charge in [0.15, 0.2) is 0 Å². The Bertz CT molecular complexity index is 1230. The predicted octanol–water partition coefficient (Wildman–Crippen LogP) is 5.96. The molecular formula is C26H26ClN3O2. The molecule has 0 saturated carbocycles. The van der Waals surface area contributed by atoms with Gasteiger partial charge < -0.3 is 14.6 Å². The number of aromatic nitrogens is 2. The van der Waals surface area contributed by atoms with Crippen molar-refractivity contribution < 1.29 is 9.53 Å². The molecular weight excluding hydrogens is 422 g/mol. The molecule has 0 aliphatic heterocycles. The molecule has 164 valence electrons. The Hall–Kier alpha value is -3.31. The Labute approximate surface area is 193 Å². The zero-order chi connectivity index (χ0) is 22.5. The summed E-state index contributed by atoms with van der Waals surface area (Å²) in [6.07, 6.45) is 0.775. The van der Waals surface area contributed by atoms with Crippen LogP contribution in [0.5, 0.6) is 5.75 Å². The lowest BCUT2D eigenvalue weighted by molar-refractivity contribution is 0.0937. The zero-order valence-electron chi connectivity index (χ0n) is 18.2. The summed E-state index contributed by atoms with van der Waals surface area (Å²) in [5, 5.41) is 3.70. The summed E-state index contributed by atoms with van der Waals surface area (Å²) in [5.74, 6) is 1.40. The monoisotopic (exact) mass is 447 g/mol. The van der Waals surface area contributed by atoms with Crippen LogP contribution in [0.25, 0.3) is 11.0 Å². The van der Waals surface area contributed by atoms with E-state index in [2.05, 4.69) is 16.0 Å². The molecule has 4 rings (SSSR count). The molecule has 0 radical (unpaired) electrons. The van der Waals surface area contributed by atoms with Crippen LogP contribution in [0.2, 0.25) is 5.02 Å². The highest BCUT2D eigenvalue weighted by Crippen LogP contribution is 2.24. The Morgan fingerprint density at radius 2 is 1.88 bits per heavy atom. The van der Waals surface area contributed by atoms with Gasteiger partial charge in [0.2, 0.25) is 0 Å². The molecule has 32 heavy (non-hydrogen) atoms. The number of halogens is 1. The quantitative estimate of drug-likeness (QED) is 0.339. The van der Waals surface area contributed by atoms with E-state index >= 15 is 0 Å². The molecule has 0 aliphatic rings. The van der Waals surface area contributed by atoms with Crippen LogP contribution in [-0.2, 0) is 6.54 Å². The second-order valence-corrected chi connectivity index (χ2v) is 8.21. The molecule has 1 amide bonds. The van der Waals surface area contributed by atoms with E-state index in [1.807, 2.05) is 80.6 Å². The average molecular weight is 448 g/mol. The Balaban J connectivity index is 1.49. The van der Waals surface area contributed by atoms with Crippen molar-refractivity contribution in [2.45, 2.75) is 32.9 Å². The lowest BCUT2D eigenvalue weighted by atomic mass is 10.1. The van der Waals surface area contributed by atoms with E-state index < -0.39 is 0 Å². The molecule has 0 fully saturated rings. The second kappa shape index (κ2) is 9.88. The molecule has 1 aromatic heterocycles. The van der Waals surface area contributed by atoms with Gasteiger partial charge in [0.25, 0.3) is 5.91 Å². The molecule has 1 atom stereocenters. The number of aryl methyl sites for hydroxylation is 2. The van der Waals surface area contributed by atoms with E-state index in [4.69, 9.17) is 21.3 Å². The molecule has 0 bridgehead atoms. The highest BCUT2D eigenvalue weighted by atomic mass is 35.5. The van der Waals surface area contributed by atoms with Crippen molar-refractivity contribution in [3.05, 3.63) is 94.8 Å². The molecule has 1 heterocycles. The summed E-state index contributed by atoms with van der Waals surface area (Å²) in [7, 11) is 0. The molecule has 4 aromatic rings. The summed E-state index contributed by atoms with van der Waals surface area (Å²) in [6.45, 7) is 5.18. The van der Waals surface area contributed by atoms with Crippen LogP contribution in [0.1, 0.15) is 41.1 Å². The third-order valence-corrected chi connectivity index (χ3v) is 5.63. The largest absolute Gasteiger partial charge is 0.492 e. The van der Waals surface area contributed by atoms with Crippen molar-refractivity contribution in [2.24, 2.45) is 0 Å². The van der Waals surface area contributed by atoms with E-state index in [0.29, 0.717) is 29.5 Å². The third kappa shape index (κ3) is 4.94. The van der Waals surface area contributed by atoms with Gasteiger partial charge >= 0.3 is 0 Å². The van der Waals surface area contributed by atoms with Gasteiger partial charge in [-0.2, -0.15) is 0 Å². The number of carbonyl (C=O) groups is 1. The van der Waals surface area contributed by atoms with Crippen molar-refractivity contribution in [3.8, 4) is 5.75 Å². The van der Waals surface area contributed by atoms with E-state index in [0.717, 1.165) is 28.8 Å². The summed E-state index contributed by atoms with van der Waals surface area (Å²) in [4.78, 5) is 17.6. The lowest BCUT2D eigenvalue weighted by Crippen LogP contribution is -2.29. The molecule has 0 aliphatic carbocycles. The van der Waals surface area contributed by atoms with Gasteiger partial charge in [0.05, 0.1) is 28.7 Å². The van der Waals surface area contributed by atoms with Crippen LogP contribution in [0.3, 0.4) is 0 Å². The first kappa shape index (κ1) is 21.9. The normalized spacial score (nSPS) is 12.0. The van der Waals surface area contributed by atoms with Gasteiger partial charge in [0, 0.05) is 12.1 Å². The van der Waals surface area contributed by atoms with Crippen molar-refractivity contribution in [3.63, 3.8) is 0 Å². The number of ether oxygens (including phenoxy) is 1. The maximum absolute atomic E-state index is 12.8. The number of imidazole rings is 1. The van der Waals surface area contributed by atoms with Crippen molar-refractivity contribution in [1.29, 1.82) is 0 Å². The maximum Gasteiger partial charge on any atom is 0.251 e. The zero-order valence-corrected chi connectivity index (χ0v) is 19.0. The number of nitrogens with zero attached hydrogens (tertiary/aromatic N) is 2. The summed E-state index contributed by atoms with van der Waals surface area (Å²) >= 11 is 6.18. The number of benzene rings is 3. The number of hydrogen-bond donors (Lipinski definition) is 1. The smallest absolute Gasteiger partial charge is 0.251 e. The van der Waals surface area contributed by atoms with Crippen LogP contribution in [0.4, 0.5) is 0 Å². The van der Waals surface area contributed by atoms with Crippen molar-refractivity contribution in [1.82, 2.24) is 14.9 Å². The fourth-order valence-electron chi connectivity index (χ4n) is 3.76. The average Bonchev–Trinajstić information content (AvgIpc) is 3.16. The summed E-state index contributed by atoms with van der Waals surface area (Å²) < 4.78 is 8.00. The van der Waals surface area contributed by atoms with Crippen molar-refractivity contribution >= 4 is 28.5 Å².